The highest BCUT2D eigenvalue weighted by atomic mass is 19.1. The molecule has 1 saturated heterocycles. The lowest BCUT2D eigenvalue weighted by atomic mass is 9.95. The fraction of sp³-hybridized carbons (Fsp3) is 0.333. The van der Waals surface area contributed by atoms with Crippen molar-refractivity contribution in [1.82, 2.24) is 10.2 Å². The number of benzene rings is 2. The summed E-state index contributed by atoms with van der Waals surface area (Å²) in [4.78, 5) is 26.4. The molecule has 2 amide bonds. The molecule has 3 rings (SSSR count). The molecule has 1 fully saturated rings. The summed E-state index contributed by atoms with van der Waals surface area (Å²) in [7, 11) is 0. The molecule has 0 aromatic heterocycles. The van der Waals surface area contributed by atoms with E-state index >= 15 is 0 Å². The molecule has 1 aliphatic rings. The van der Waals surface area contributed by atoms with E-state index in [0.29, 0.717) is 37.1 Å². The van der Waals surface area contributed by atoms with Crippen LogP contribution in [0.5, 0.6) is 0 Å². The zero-order valence-electron chi connectivity index (χ0n) is 15.3. The Balaban J connectivity index is 1.47. The van der Waals surface area contributed by atoms with Gasteiger partial charge in [-0.2, -0.15) is 0 Å². The molecule has 7 heteroatoms. The molecule has 1 heterocycles. The topological polar surface area (TPSA) is 69.6 Å². The highest BCUT2D eigenvalue weighted by Crippen LogP contribution is 2.20. The maximum absolute atomic E-state index is 13.2. The molecule has 5 nitrogen and oxygen atoms in total. The third kappa shape index (κ3) is 4.92. The average molecular weight is 388 g/mol. The summed E-state index contributed by atoms with van der Waals surface area (Å²) in [5.74, 6) is -1.46. The number of carbonyl (C=O) groups excluding carboxylic acids is 2. The zero-order valence-corrected chi connectivity index (χ0v) is 15.3. The number of nitrogens with one attached hydrogen (secondary N) is 1. The summed E-state index contributed by atoms with van der Waals surface area (Å²) in [5.41, 5.74) is 0.822. The predicted molar refractivity (Wildman–Crippen MR) is 99.4 cm³/mol. The van der Waals surface area contributed by atoms with E-state index in [-0.39, 0.29) is 24.3 Å². The van der Waals surface area contributed by atoms with Gasteiger partial charge in [-0.15, -0.1) is 0 Å². The maximum Gasteiger partial charge on any atom is 0.253 e. The SMILES string of the molecule is O=C(NCC(O)c1cccc(F)c1)C1CCN(C(=O)c2ccc(F)cc2)CC1. The van der Waals surface area contributed by atoms with Crippen molar-refractivity contribution in [3.8, 4) is 0 Å². The van der Waals surface area contributed by atoms with Crippen molar-refractivity contribution in [2.45, 2.75) is 18.9 Å². The number of aliphatic hydroxyl groups is 1. The minimum atomic E-state index is -0.986. The molecule has 1 atom stereocenters. The first-order valence-electron chi connectivity index (χ1n) is 9.20. The van der Waals surface area contributed by atoms with Gasteiger partial charge in [-0.3, -0.25) is 9.59 Å². The minimum absolute atomic E-state index is 0.00297. The molecule has 0 saturated carbocycles. The van der Waals surface area contributed by atoms with Crippen molar-refractivity contribution >= 4 is 11.8 Å². The van der Waals surface area contributed by atoms with Crippen LogP contribution in [0.1, 0.15) is 34.9 Å². The second-order valence-corrected chi connectivity index (χ2v) is 6.89. The van der Waals surface area contributed by atoms with Gasteiger partial charge in [-0.1, -0.05) is 12.1 Å². The van der Waals surface area contributed by atoms with E-state index in [9.17, 15) is 23.5 Å². The first-order valence-corrected chi connectivity index (χ1v) is 9.20. The number of rotatable bonds is 5. The van der Waals surface area contributed by atoms with E-state index in [1.165, 1.54) is 42.5 Å². The normalized spacial score (nSPS) is 15.9. The Morgan fingerprint density at radius 2 is 1.75 bits per heavy atom. The first-order chi connectivity index (χ1) is 13.4. The van der Waals surface area contributed by atoms with Crippen LogP contribution in [0, 0.1) is 17.6 Å². The summed E-state index contributed by atoms with van der Waals surface area (Å²) in [5, 5.41) is 12.8. The molecular formula is C21H22F2N2O3. The quantitative estimate of drug-likeness (QED) is 0.828. The lowest BCUT2D eigenvalue weighted by Crippen LogP contribution is -2.43. The number of piperidine rings is 1. The van der Waals surface area contributed by atoms with E-state index in [1.54, 1.807) is 11.0 Å². The lowest BCUT2D eigenvalue weighted by molar-refractivity contribution is -0.126. The van der Waals surface area contributed by atoms with Crippen LogP contribution in [0.3, 0.4) is 0 Å². The molecule has 1 aliphatic heterocycles. The summed E-state index contributed by atoms with van der Waals surface area (Å²) in [6.45, 7) is 0.860. The number of amides is 2. The molecule has 2 aromatic rings. The van der Waals surface area contributed by atoms with Crippen molar-refractivity contribution < 1.29 is 23.5 Å². The van der Waals surface area contributed by atoms with Gasteiger partial charge in [0.15, 0.2) is 0 Å². The molecule has 1 unspecified atom stereocenters. The number of likely N-dealkylation sites (tertiary alicyclic amines) is 1. The highest BCUT2D eigenvalue weighted by Gasteiger charge is 2.28. The number of nitrogens with zero attached hydrogens (tertiary/aromatic N) is 1. The van der Waals surface area contributed by atoms with Crippen molar-refractivity contribution in [2.24, 2.45) is 5.92 Å². The van der Waals surface area contributed by atoms with E-state index in [4.69, 9.17) is 0 Å². The lowest BCUT2D eigenvalue weighted by Gasteiger charge is -2.31. The molecular weight excluding hydrogens is 366 g/mol. The number of aliphatic hydroxyl groups excluding tert-OH is 1. The van der Waals surface area contributed by atoms with Gasteiger partial charge in [0, 0.05) is 31.1 Å². The van der Waals surface area contributed by atoms with Gasteiger partial charge in [0.25, 0.3) is 5.91 Å². The zero-order chi connectivity index (χ0) is 20.1. The van der Waals surface area contributed by atoms with Gasteiger partial charge >= 0.3 is 0 Å². The Morgan fingerprint density at radius 1 is 1.07 bits per heavy atom. The summed E-state index contributed by atoms with van der Waals surface area (Å²) < 4.78 is 26.2. The maximum atomic E-state index is 13.2. The van der Waals surface area contributed by atoms with E-state index in [0.717, 1.165) is 0 Å². The third-order valence-corrected chi connectivity index (χ3v) is 4.95. The summed E-state index contributed by atoms with van der Waals surface area (Å²) in [6.07, 6.45) is 0.0312. The minimum Gasteiger partial charge on any atom is -0.387 e. The van der Waals surface area contributed by atoms with Gasteiger partial charge < -0.3 is 15.3 Å². The van der Waals surface area contributed by atoms with Gasteiger partial charge in [0.1, 0.15) is 11.6 Å². The number of halogens is 2. The number of hydrogen-bond donors (Lipinski definition) is 2. The Kier molecular flexibility index (Phi) is 6.36. The molecule has 0 radical (unpaired) electrons. The van der Waals surface area contributed by atoms with Gasteiger partial charge in [0.2, 0.25) is 5.91 Å². The van der Waals surface area contributed by atoms with Crippen molar-refractivity contribution in [2.75, 3.05) is 19.6 Å². The van der Waals surface area contributed by atoms with E-state index in [2.05, 4.69) is 5.32 Å². The van der Waals surface area contributed by atoms with E-state index in [1.807, 2.05) is 0 Å². The van der Waals surface area contributed by atoms with Crippen LogP contribution in [0.25, 0.3) is 0 Å². The second-order valence-electron chi connectivity index (χ2n) is 6.89. The van der Waals surface area contributed by atoms with Gasteiger partial charge in [-0.05, 0) is 54.8 Å². The fourth-order valence-corrected chi connectivity index (χ4v) is 3.29. The van der Waals surface area contributed by atoms with Crippen LogP contribution < -0.4 is 5.32 Å². The molecule has 148 valence electrons. The summed E-state index contributed by atoms with van der Waals surface area (Å²) >= 11 is 0. The largest absolute Gasteiger partial charge is 0.387 e. The van der Waals surface area contributed by atoms with Crippen LogP contribution in [0.4, 0.5) is 8.78 Å². The van der Waals surface area contributed by atoms with Crippen molar-refractivity contribution in [3.05, 3.63) is 71.3 Å². The van der Waals surface area contributed by atoms with Gasteiger partial charge in [-0.25, -0.2) is 8.78 Å². The van der Waals surface area contributed by atoms with Gasteiger partial charge in [0.05, 0.1) is 6.10 Å². The third-order valence-electron chi connectivity index (χ3n) is 4.95. The molecule has 28 heavy (non-hydrogen) atoms. The first kappa shape index (κ1) is 19.9. The van der Waals surface area contributed by atoms with E-state index < -0.39 is 17.7 Å². The van der Waals surface area contributed by atoms with Crippen LogP contribution >= 0.6 is 0 Å². The van der Waals surface area contributed by atoms with Crippen LogP contribution in [-0.4, -0.2) is 41.5 Å². The smallest absolute Gasteiger partial charge is 0.253 e. The molecule has 0 spiro atoms. The fourth-order valence-electron chi connectivity index (χ4n) is 3.29. The second kappa shape index (κ2) is 8.93. The molecule has 2 N–H and O–H groups in total. The van der Waals surface area contributed by atoms with Crippen LogP contribution in [0.2, 0.25) is 0 Å². The standard InChI is InChI=1S/C21H22F2N2O3/c22-17-6-4-15(5-7-17)21(28)25-10-8-14(9-11-25)20(27)24-13-19(26)16-2-1-3-18(23)12-16/h1-7,12,14,19,26H,8-11,13H2,(H,24,27). The monoisotopic (exact) mass is 388 g/mol. The van der Waals surface area contributed by atoms with Crippen molar-refractivity contribution in [3.63, 3.8) is 0 Å². The van der Waals surface area contributed by atoms with Crippen LogP contribution in [-0.2, 0) is 4.79 Å². The Labute approximate surface area is 162 Å². The average Bonchev–Trinajstić information content (AvgIpc) is 2.72. The Hall–Kier alpha value is -2.80. The molecule has 2 aromatic carbocycles. The highest BCUT2D eigenvalue weighted by molar-refractivity contribution is 5.94. The van der Waals surface area contributed by atoms with Crippen molar-refractivity contribution in [1.29, 1.82) is 0 Å². The predicted octanol–water partition coefficient (Wildman–Crippen LogP) is 2.67. The Bertz CT molecular complexity index is 834. The number of hydrogen-bond acceptors (Lipinski definition) is 3. The summed E-state index contributed by atoms with van der Waals surface area (Å²) in [6, 6.07) is 11.0. The number of carbonyl (C=O) groups is 2. The molecule has 0 bridgehead atoms. The molecule has 0 aliphatic carbocycles. The Morgan fingerprint density at radius 3 is 2.39 bits per heavy atom. The van der Waals surface area contributed by atoms with Crippen LogP contribution in [0.15, 0.2) is 48.5 Å².